The molecule has 0 bridgehead atoms. The van der Waals surface area contributed by atoms with Crippen LogP contribution >= 0.6 is 11.6 Å². The molecule has 0 saturated carbocycles. The van der Waals surface area contributed by atoms with Gasteiger partial charge in [0.05, 0.1) is 4.90 Å². The molecule has 4 nitrogen and oxygen atoms in total. The van der Waals surface area contributed by atoms with Crippen molar-refractivity contribution in [2.24, 2.45) is 5.73 Å². The van der Waals surface area contributed by atoms with Crippen LogP contribution in [0.25, 0.3) is 0 Å². The van der Waals surface area contributed by atoms with Crippen LogP contribution in [-0.4, -0.2) is 21.2 Å². The highest BCUT2D eigenvalue weighted by atomic mass is 35.5. The first-order chi connectivity index (χ1) is 9.90. The second kappa shape index (κ2) is 6.47. The van der Waals surface area contributed by atoms with Crippen molar-refractivity contribution < 1.29 is 13.2 Å². The second-order valence-electron chi connectivity index (χ2n) is 4.64. The van der Waals surface area contributed by atoms with Gasteiger partial charge in [-0.2, -0.15) is 0 Å². The van der Waals surface area contributed by atoms with Crippen molar-refractivity contribution in [3.8, 4) is 11.5 Å². The quantitative estimate of drug-likeness (QED) is 0.917. The van der Waals surface area contributed by atoms with Crippen LogP contribution < -0.4 is 10.5 Å². The van der Waals surface area contributed by atoms with Gasteiger partial charge in [0, 0.05) is 11.3 Å². The first-order valence-corrected chi connectivity index (χ1v) is 8.63. The number of hydrogen-bond donors (Lipinski definition) is 1. The third kappa shape index (κ3) is 4.20. The van der Waals surface area contributed by atoms with Gasteiger partial charge in [-0.3, -0.25) is 0 Å². The summed E-state index contributed by atoms with van der Waals surface area (Å²) in [4.78, 5) is 0.215. The normalized spacial score (nSPS) is 11.4. The first kappa shape index (κ1) is 15.8. The minimum absolute atomic E-state index is 0.215. The molecule has 0 fully saturated rings. The average Bonchev–Trinajstić information content (AvgIpc) is 2.42. The Morgan fingerprint density at radius 2 is 1.81 bits per heavy atom. The Hall–Kier alpha value is -1.56. The standard InChI is InChI=1S/C15H16ClNO3S/c1-21(18,19)14-7-2-11(8-9-17)15(10-14)20-13-5-3-12(16)4-6-13/h2-7,10H,8-9,17H2,1H3. The number of benzene rings is 2. The predicted octanol–water partition coefficient (Wildman–Crippen LogP) is 3.04. The van der Waals surface area contributed by atoms with E-state index in [0.29, 0.717) is 29.5 Å². The maximum absolute atomic E-state index is 11.7. The highest BCUT2D eigenvalue weighted by molar-refractivity contribution is 7.90. The number of nitrogens with two attached hydrogens (primary N) is 1. The Bertz CT molecular complexity index is 727. The molecule has 2 N–H and O–H groups in total. The summed E-state index contributed by atoms with van der Waals surface area (Å²) in [5.41, 5.74) is 6.44. The minimum Gasteiger partial charge on any atom is -0.457 e. The van der Waals surface area contributed by atoms with Crippen LogP contribution in [0.1, 0.15) is 5.56 Å². The summed E-state index contributed by atoms with van der Waals surface area (Å²) in [6.07, 6.45) is 1.77. The zero-order valence-corrected chi connectivity index (χ0v) is 13.1. The summed E-state index contributed by atoms with van der Waals surface area (Å²) < 4.78 is 29.1. The van der Waals surface area contributed by atoms with Crippen molar-refractivity contribution in [3.05, 3.63) is 53.1 Å². The molecule has 0 unspecified atom stereocenters. The summed E-state index contributed by atoms with van der Waals surface area (Å²) >= 11 is 5.83. The van der Waals surface area contributed by atoms with Crippen molar-refractivity contribution >= 4 is 21.4 Å². The van der Waals surface area contributed by atoms with Crippen LogP contribution in [0, 0.1) is 0 Å². The predicted molar refractivity (Wildman–Crippen MR) is 83.8 cm³/mol. The Morgan fingerprint density at radius 3 is 2.38 bits per heavy atom. The average molecular weight is 326 g/mol. The van der Waals surface area contributed by atoms with Gasteiger partial charge in [-0.1, -0.05) is 17.7 Å². The molecule has 2 aromatic carbocycles. The number of ether oxygens (including phenoxy) is 1. The van der Waals surface area contributed by atoms with Crippen LogP contribution in [0.3, 0.4) is 0 Å². The molecule has 0 saturated heterocycles. The maximum Gasteiger partial charge on any atom is 0.175 e. The summed E-state index contributed by atoms with van der Waals surface area (Å²) in [6, 6.07) is 11.7. The highest BCUT2D eigenvalue weighted by Gasteiger charge is 2.12. The molecular weight excluding hydrogens is 310 g/mol. The van der Waals surface area contributed by atoms with Crippen LogP contribution in [0.15, 0.2) is 47.4 Å². The van der Waals surface area contributed by atoms with Gasteiger partial charge < -0.3 is 10.5 Å². The molecule has 0 spiro atoms. The van der Waals surface area contributed by atoms with E-state index in [4.69, 9.17) is 22.1 Å². The van der Waals surface area contributed by atoms with Crippen LogP contribution in [0.2, 0.25) is 5.02 Å². The lowest BCUT2D eigenvalue weighted by atomic mass is 10.1. The molecule has 0 aliphatic rings. The molecule has 0 amide bonds. The summed E-state index contributed by atoms with van der Waals surface area (Å²) in [5.74, 6) is 1.08. The van der Waals surface area contributed by atoms with E-state index in [9.17, 15) is 8.42 Å². The number of halogens is 1. The lowest BCUT2D eigenvalue weighted by Gasteiger charge is -2.12. The van der Waals surface area contributed by atoms with E-state index >= 15 is 0 Å². The van der Waals surface area contributed by atoms with E-state index in [2.05, 4.69) is 0 Å². The van der Waals surface area contributed by atoms with Crippen molar-refractivity contribution in [1.29, 1.82) is 0 Å². The topological polar surface area (TPSA) is 69.4 Å². The molecule has 0 heterocycles. The summed E-state index contributed by atoms with van der Waals surface area (Å²) in [5, 5.41) is 0.606. The van der Waals surface area contributed by atoms with Gasteiger partial charge in [-0.05, 0) is 54.9 Å². The third-order valence-corrected chi connectivity index (χ3v) is 4.28. The highest BCUT2D eigenvalue weighted by Crippen LogP contribution is 2.29. The van der Waals surface area contributed by atoms with Crippen LogP contribution in [0.5, 0.6) is 11.5 Å². The summed E-state index contributed by atoms with van der Waals surface area (Å²) in [7, 11) is -3.29. The number of rotatable bonds is 5. The van der Waals surface area contributed by atoms with Gasteiger partial charge in [-0.15, -0.1) is 0 Å². The molecule has 6 heteroatoms. The van der Waals surface area contributed by atoms with Gasteiger partial charge >= 0.3 is 0 Å². The van der Waals surface area contributed by atoms with Crippen LogP contribution in [0.4, 0.5) is 0 Å². The van der Waals surface area contributed by atoms with Gasteiger partial charge in [0.2, 0.25) is 0 Å². The fraction of sp³-hybridized carbons (Fsp3) is 0.200. The maximum atomic E-state index is 11.7. The Morgan fingerprint density at radius 1 is 1.14 bits per heavy atom. The van der Waals surface area contributed by atoms with Crippen molar-refractivity contribution in [2.45, 2.75) is 11.3 Å². The molecule has 2 rings (SSSR count). The fourth-order valence-corrected chi connectivity index (χ4v) is 2.61. The van der Waals surface area contributed by atoms with E-state index in [0.717, 1.165) is 11.8 Å². The smallest absolute Gasteiger partial charge is 0.175 e. The number of sulfone groups is 1. The van der Waals surface area contributed by atoms with Crippen LogP contribution in [-0.2, 0) is 16.3 Å². The monoisotopic (exact) mass is 325 g/mol. The molecule has 2 aromatic rings. The van der Waals surface area contributed by atoms with Crippen molar-refractivity contribution in [2.75, 3.05) is 12.8 Å². The SMILES string of the molecule is CS(=O)(=O)c1ccc(CCN)c(Oc2ccc(Cl)cc2)c1. The molecule has 0 aliphatic heterocycles. The fourth-order valence-electron chi connectivity index (χ4n) is 1.85. The molecule has 0 atom stereocenters. The largest absolute Gasteiger partial charge is 0.457 e. The second-order valence-corrected chi connectivity index (χ2v) is 7.09. The molecule has 0 aliphatic carbocycles. The first-order valence-electron chi connectivity index (χ1n) is 6.36. The lowest BCUT2D eigenvalue weighted by Crippen LogP contribution is -2.05. The molecule has 112 valence electrons. The van der Waals surface area contributed by atoms with E-state index in [1.807, 2.05) is 0 Å². The number of hydrogen-bond acceptors (Lipinski definition) is 4. The molecule has 21 heavy (non-hydrogen) atoms. The Kier molecular flexibility index (Phi) is 4.88. The van der Waals surface area contributed by atoms with E-state index in [1.54, 1.807) is 36.4 Å². The minimum atomic E-state index is -3.29. The molecular formula is C15H16ClNO3S. The third-order valence-electron chi connectivity index (χ3n) is 2.92. The van der Waals surface area contributed by atoms with Gasteiger partial charge in [0.25, 0.3) is 0 Å². The summed E-state index contributed by atoms with van der Waals surface area (Å²) in [6.45, 7) is 0.454. The van der Waals surface area contributed by atoms with E-state index in [-0.39, 0.29) is 4.90 Å². The van der Waals surface area contributed by atoms with Gasteiger partial charge in [0.1, 0.15) is 11.5 Å². The Labute approximate surface area is 129 Å². The Balaban J connectivity index is 2.40. The van der Waals surface area contributed by atoms with E-state index in [1.165, 1.54) is 6.07 Å². The van der Waals surface area contributed by atoms with Crippen molar-refractivity contribution in [3.63, 3.8) is 0 Å². The zero-order valence-electron chi connectivity index (χ0n) is 11.5. The molecule has 0 radical (unpaired) electrons. The lowest BCUT2D eigenvalue weighted by molar-refractivity contribution is 0.474. The van der Waals surface area contributed by atoms with E-state index < -0.39 is 9.84 Å². The zero-order chi connectivity index (χ0) is 15.5. The van der Waals surface area contributed by atoms with Crippen molar-refractivity contribution in [1.82, 2.24) is 0 Å². The van der Waals surface area contributed by atoms with Gasteiger partial charge in [0.15, 0.2) is 9.84 Å². The van der Waals surface area contributed by atoms with Gasteiger partial charge in [-0.25, -0.2) is 8.42 Å². The molecule has 0 aromatic heterocycles.